The molecular weight excluding hydrogens is 336 g/mol. The molecule has 23 heavy (non-hydrogen) atoms. The number of halogens is 1. The van der Waals surface area contributed by atoms with Gasteiger partial charge >= 0.3 is 0 Å². The van der Waals surface area contributed by atoms with Gasteiger partial charge in [-0.15, -0.1) is 10.2 Å². The fourth-order valence-electron chi connectivity index (χ4n) is 2.30. The Kier molecular flexibility index (Phi) is 4.14. The number of fused-ring (bicyclic) bond motifs is 1. The molecule has 8 heteroatoms. The molecule has 0 unspecified atom stereocenters. The molecule has 3 aromatic rings. The molecule has 0 aliphatic rings. The van der Waals surface area contributed by atoms with E-state index in [1.807, 2.05) is 11.5 Å². The smallest absolute Gasteiger partial charge is 0.262 e. The number of aromatic nitrogens is 3. The Morgan fingerprint density at radius 3 is 2.83 bits per heavy atom. The van der Waals surface area contributed by atoms with Crippen LogP contribution in [0.4, 0.5) is 5.13 Å². The predicted molar refractivity (Wildman–Crippen MR) is 91.5 cm³/mol. The molecule has 3 rings (SSSR count). The van der Waals surface area contributed by atoms with Gasteiger partial charge in [-0.05, 0) is 32.0 Å². The Morgan fingerprint density at radius 1 is 1.39 bits per heavy atom. The summed E-state index contributed by atoms with van der Waals surface area (Å²) in [4.78, 5) is 25.0. The van der Waals surface area contributed by atoms with Crippen LogP contribution in [0.5, 0.6) is 0 Å². The van der Waals surface area contributed by atoms with Crippen molar-refractivity contribution in [3.8, 4) is 0 Å². The molecule has 2 aromatic heterocycles. The number of amides is 1. The Bertz CT molecular complexity index is 964. The fraction of sp³-hybridized carbons (Fsp3) is 0.200. The molecule has 118 valence electrons. The summed E-state index contributed by atoms with van der Waals surface area (Å²) in [5, 5.41) is 12.2. The second-order valence-corrected chi connectivity index (χ2v) is 6.52. The van der Waals surface area contributed by atoms with Gasteiger partial charge in [-0.3, -0.25) is 14.9 Å². The first-order chi connectivity index (χ1) is 11.0. The van der Waals surface area contributed by atoms with Crippen LogP contribution in [0.1, 0.15) is 22.3 Å². The normalized spacial score (nSPS) is 10.9. The number of pyridine rings is 1. The molecular formula is C15H13ClN4O2S. The molecule has 0 atom stereocenters. The van der Waals surface area contributed by atoms with E-state index in [1.165, 1.54) is 11.3 Å². The number of anilines is 1. The van der Waals surface area contributed by atoms with Gasteiger partial charge in [-0.25, -0.2) is 0 Å². The molecule has 6 nitrogen and oxygen atoms in total. The zero-order chi connectivity index (χ0) is 16.6. The zero-order valence-electron chi connectivity index (χ0n) is 12.5. The minimum absolute atomic E-state index is 0.0504. The number of rotatable bonds is 3. The zero-order valence-corrected chi connectivity index (χ0v) is 14.0. The summed E-state index contributed by atoms with van der Waals surface area (Å²) >= 11 is 7.23. The molecule has 0 aliphatic carbocycles. The molecule has 0 saturated heterocycles. The first-order valence-electron chi connectivity index (χ1n) is 6.93. The maximum atomic E-state index is 12.6. The highest BCUT2D eigenvalue weighted by Crippen LogP contribution is 2.19. The van der Waals surface area contributed by atoms with Crippen molar-refractivity contribution in [1.29, 1.82) is 0 Å². The van der Waals surface area contributed by atoms with Crippen molar-refractivity contribution in [3.63, 3.8) is 0 Å². The average Bonchev–Trinajstić information content (AvgIpc) is 2.93. The highest BCUT2D eigenvalue weighted by atomic mass is 35.5. The third kappa shape index (κ3) is 2.97. The van der Waals surface area contributed by atoms with E-state index in [1.54, 1.807) is 31.3 Å². The van der Waals surface area contributed by atoms with Gasteiger partial charge in [0.1, 0.15) is 10.6 Å². The van der Waals surface area contributed by atoms with Crippen LogP contribution < -0.4 is 10.7 Å². The lowest BCUT2D eigenvalue weighted by molar-refractivity contribution is 0.102. The summed E-state index contributed by atoms with van der Waals surface area (Å²) in [5.41, 5.74) is 0.436. The molecule has 0 bridgehead atoms. The number of nitrogens with one attached hydrogen (secondary N) is 1. The third-order valence-electron chi connectivity index (χ3n) is 3.37. The number of carbonyl (C=O) groups is 1. The van der Waals surface area contributed by atoms with Crippen LogP contribution in [0.15, 0.2) is 29.2 Å². The lowest BCUT2D eigenvalue weighted by atomic mass is 10.1. The average molecular weight is 349 g/mol. The van der Waals surface area contributed by atoms with Crippen molar-refractivity contribution in [2.45, 2.75) is 20.4 Å². The Morgan fingerprint density at radius 2 is 2.17 bits per heavy atom. The van der Waals surface area contributed by atoms with Crippen LogP contribution in [0.2, 0.25) is 5.02 Å². The summed E-state index contributed by atoms with van der Waals surface area (Å²) in [6, 6.07) is 5.08. The topological polar surface area (TPSA) is 76.9 Å². The monoisotopic (exact) mass is 348 g/mol. The van der Waals surface area contributed by atoms with E-state index < -0.39 is 5.91 Å². The van der Waals surface area contributed by atoms with E-state index in [0.717, 1.165) is 10.5 Å². The third-order valence-corrected chi connectivity index (χ3v) is 4.36. The summed E-state index contributed by atoms with van der Waals surface area (Å²) in [6.45, 7) is 4.35. The van der Waals surface area contributed by atoms with Crippen LogP contribution >= 0.6 is 22.9 Å². The number of hydrogen-bond donors (Lipinski definition) is 1. The van der Waals surface area contributed by atoms with E-state index in [4.69, 9.17) is 11.6 Å². The highest BCUT2D eigenvalue weighted by Gasteiger charge is 2.17. The predicted octanol–water partition coefficient (Wildman–Crippen LogP) is 3.09. The fourth-order valence-corrected chi connectivity index (χ4v) is 3.06. The molecule has 1 aromatic carbocycles. The standard InChI is InChI=1S/C15H13ClN4O2S/c1-3-20-7-11(14(22)17-15-19-18-8(2)23-15)13(21)10-6-9(16)4-5-12(10)20/h4-7H,3H2,1-2H3,(H,17,19,22). The van der Waals surface area contributed by atoms with Crippen molar-refractivity contribution in [2.24, 2.45) is 0 Å². The van der Waals surface area contributed by atoms with Gasteiger partial charge in [0.2, 0.25) is 10.6 Å². The number of hydrogen-bond acceptors (Lipinski definition) is 5. The second-order valence-electron chi connectivity index (χ2n) is 4.90. The van der Waals surface area contributed by atoms with E-state index in [-0.39, 0.29) is 11.0 Å². The van der Waals surface area contributed by atoms with Gasteiger partial charge in [-0.1, -0.05) is 22.9 Å². The van der Waals surface area contributed by atoms with Crippen LogP contribution in [-0.4, -0.2) is 20.7 Å². The van der Waals surface area contributed by atoms with Gasteiger partial charge < -0.3 is 4.57 Å². The van der Waals surface area contributed by atoms with Crippen molar-refractivity contribution < 1.29 is 4.79 Å². The summed E-state index contributed by atoms with van der Waals surface area (Å²) < 4.78 is 1.84. The number of benzene rings is 1. The van der Waals surface area contributed by atoms with Crippen LogP contribution in [0.25, 0.3) is 10.9 Å². The van der Waals surface area contributed by atoms with Crippen LogP contribution in [0, 0.1) is 6.92 Å². The molecule has 1 N–H and O–H groups in total. The molecule has 0 spiro atoms. The minimum Gasteiger partial charge on any atom is -0.347 e. The Balaban J connectivity index is 2.11. The highest BCUT2D eigenvalue weighted by molar-refractivity contribution is 7.15. The molecule has 1 amide bonds. The first kappa shape index (κ1) is 15.6. The SMILES string of the molecule is CCn1cc(C(=O)Nc2nnc(C)s2)c(=O)c2cc(Cl)ccc21. The maximum Gasteiger partial charge on any atom is 0.262 e. The number of nitrogens with zero attached hydrogens (tertiary/aromatic N) is 3. The van der Waals surface area contributed by atoms with Gasteiger partial charge in [0.25, 0.3) is 5.91 Å². The van der Waals surface area contributed by atoms with Crippen LogP contribution in [0.3, 0.4) is 0 Å². The van der Waals surface area contributed by atoms with Gasteiger partial charge in [0, 0.05) is 23.2 Å². The Hall–Kier alpha value is -2.25. The van der Waals surface area contributed by atoms with Crippen LogP contribution in [-0.2, 0) is 6.54 Å². The van der Waals surface area contributed by atoms with Gasteiger partial charge in [0.15, 0.2) is 0 Å². The molecule has 0 saturated carbocycles. The van der Waals surface area contributed by atoms with Crippen molar-refractivity contribution >= 4 is 44.9 Å². The number of aryl methyl sites for hydroxylation is 2. The summed E-state index contributed by atoms with van der Waals surface area (Å²) in [6.07, 6.45) is 1.56. The maximum absolute atomic E-state index is 12.6. The van der Waals surface area contributed by atoms with Crippen molar-refractivity contribution in [1.82, 2.24) is 14.8 Å². The minimum atomic E-state index is -0.504. The second kappa shape index (κ2) is 6.10. The molecule has 0 radical (unpaired) electrons. The summed E-state index contributed by atoms with van der Waals surface area (Å²) in [7, 11) is 0. The lowest BCUT2D eigenvalue weighted by Gasteiger charge is -2.11. The largest absolute Gasteiger partial charge is 0.347 e. The summed E-state index contributed by atoms with van der Waals surface area (Å²) in [5.74, 6) is -0.504. The van der Waals surface area contributed by atoms with E-state index in [9.17, 15) is 9.59 Å². The lowest BCUT2D eigenvalue weighted by Crippen LogP contribution is -2.23. The molecule has 0 fully saturated rings. The van der Waals surface area contributed by atoms with Crippen molar-refractivity contribution in [2.75, 3.05) is 5.32 Å². The Labute approximate surface area is 140 Å². The van der Waals surface area contributed by atoms with Gasteiger partial charge in [0.05, 0.1) is 5.52 Å². The van der Waals surface area contributed by atoms with E-state index >= 15 is 0 Å². The quantitative estimate of drug-likeness (QED) is 0.789. The van der Waals surface area contributed by atoms with E-state index in [0.29, 0.717) is 22.1 Å². The van der Waals surface area contributed by atoms with E-state index in [2.05, 4.69) is 15.5 Å². The first-order valence-corrected chi connectivity index (χ1v) is 8.13. The number of carbonyl (C=O) groups excluding carboxylic acids is 1. The van der Waals surface area contributed by atoms with Gasteiger partial charge in [-0.2, -0.15) is 0 Å². The molecule has 0 aliphatic heterocycles. The van der Waals surface area contributed by atoms with Crippen molar-refractivity contribution in [3.05, 3.63) is 50.2 Å². The molecule has 2 heterocycles.